The summed E-state index contributed by atoms with van der Waals surface area (Å²) in [6.45, 7) is 2.05. The fourth-order valence-electron chi connectivity index (χ4n) is 3.47. The molecule has 3 rings (SSSR count). The van der Waals surface area contributed by atoms with Crippen molar-refractivity contribution in [2.75, 3.05) is 20.2 Å². The highest BCUT2D eigenvalue weighted by molar-refractivity contribution is 7.89. The zero-order valence-electron chi connectivity index (χ0n) is 12.6. The number of methoxy groups -OCH3 is 1. The minimum absolute atomic E-state index is 0.00817. The van der Waals surface area contributed by atoms with E-state index in [1.165, 1.54) is 32.1 Å². The van der Waals surface area contributed by atoms with E-state index in [0.29, 0.717) is 16.8 Å². The van der Waals surface area contributed by atoms with Gasteiger partial charge in [-0.2, -0.15) is 0 Å². The second-order valence-corrected chi connectivity index (χ2v) is 8.03. The molecule has 2 atom stereocenters. The summed E-state index contributed by atoms with van der Waals surface area (Å²) in [5, 5.41) is 0.302. The molecule has 22 heavy (non-hydrogen) atoms. The van der Waals surface area contributed by atoms with Gasteiger partial charge in [0.25, 0.3) is 0 Å². The van der Waals surface area contributed by atoms with Gasteiger partial charge < -0.3 is 4.74 Å². The Bertz CT molecular complexity index is 650. The third-order valence-electron chi connectivity index (χ3n) is 4.60. The van der Waals surface area contributed by atoms with E-state index in [1.807, 2.05) is 0 Å². The van der Waals surface area contributed by atoms with Crippen molar-refractivity contribution in [2.45, 2.75) is 42.7 Å². The fourth-order valence-corrected chi connectivity index (χ4v) is 5.12. The van der Waals surface area contributed by atoms with Gasteiger partial charge in [0, 0.05) is 18.6 Å². The first-order valence-electron chi connectivity index (χ1n) is 7.61. The van der Waals surface area contributed by atoms with Gasteiger partial charge in [0.15, 0.2) is 0 Å². The topological polar surface area (TPSA) is 58.6 Å². The van der Waals surface area contributed by atoms with E-state index < -0.39 is 10.0 Å². The molecule has 2 saturated heterocycles. The third-order valence-corrected chi connectivity index (χ3v) is 6.38. The van der Waals surface area contributed by atoms with E-state index in [0.717, 1.165) is 25.9 Å². The van der Waals surface area contributed by atoms with Gasteiger partial charge in [0.05, 0.1) is 17.0 Å². The highest BCUT2D eigenvalue weighted by Crippen LogP contribution is 2.30. The van der Waals surface area contributed by atoms with Crippen LogP contribution in [0.2, 0.25) is 5.02 Å². The zero-order valence-corrected chi connectivity index (χ0v) is 14.2. The number of hydrogen-bond acceptors (Lipinski definition) is 4. The standard InChI is InChI=1S/C15H21ClN2O3S/c1-21-15-6-5-11(10-12(15)16)22(19,20)17-13-7-9-18-8-3-2-4-14(13)18/h5-6,10,13-14,17H,2-4,7-9H2,1H3/t13-,14+/m0/s1. The van der Waals surface area contributed by atoms with Crippen LogP contribution < -0.4 is 9.46 Å². The number of rotatable bonds is 4. The molecule has 2 aliphatic rings. The van der Waals surface area contributed by atoms with Gasteiger partial charge in [0.1, 0.15) is 5.75 Å². The molecule has 2 fully saturated rings. The van der Waals surface area contributed by atoms with Crippen LogP contribution in [0.3, 0.4) is 0 Å². The van der Waals surface area contributed by atoms with Gasteiger partial charge in [-0.05, 0) is 44.0 Å². The molecule has 0 radical (unpaired) electrons. The molecule has 0 aromatic heterocycles. The van der Waals surface area contributed by atoms with Gasteiger partial charge in [-0.25, -0.2) is 13.1 Å². The highest BCUT2D eigenvalue weighted by Gasteiger charge is 2.37. The van der Waals surface area contributed by atoms with Crippen LogP contribution in [0, 0.1) is 0 Å². The molecule has 0 amide bonds. The molecule has 1 aromatic rings. The van der Waals surface area contributed by atoms with Gasteiger partial charge in [-0.3, -0.25) is 4.90 Å². The molecule has 2 aliphatic heterocycles. The Morgan fingerprint density at radius 2 is 2.09 bits per heavy atom. The van der Waals surface area contributed by atoms with Crippen molar-refractivity contribution < 1.29 is 13.2 Å². The number of piperidine rings is 1. The Morgan fingerprint density at radius 1 is 1.27 bits per heavy atom. The first-order chi connectivity index (χ1) is 10.5. The van der Waals surface area contributed by atoms with Gasteiger partial charge in [-0.15, -0.1) is 0 Å². The lowest BCUT2D eigenvalue weighted by atomic mass is 10.00. The molecule has 2 heterocycles. The number of hydrogen-bond donors (Lipinski definition) is 1. The molecule has 1 N–H and O–H groups in total. The SMILES string of the molecule is COc1ccc(S(=O)(=O)N[C@H]2CCN3CCCC[C@H]23)cc1Cl. The molecule has 0 saturated carbocycles. The third kappa shape index (κ3) is 3.11. The minimum atomic E-state index is -3.56. The van der Waals surface area contributed by atoms with E-state index in [9.17, 15) is 8.42 Å². The Balaban J connectivity index is 1.77. The maximum atomic E-state index is 12.6. The summed E-state index contributed by atoms with van der Waals surface area (Å²) in [7, 11) is -2.05. The molecule has 0 bridgehead atoms. The van der Waals surface area contributed by atoms with Gasteiger partial charge in [0.2, 0.25) is 10.0 Å². The number of halogens is 1. The summed E-state index contributed by atoms with van der Waals surface area (Å²) in [6, 6.07) is 4.87. The lowest BCUT2D eigenvalue weighted by Gasteiger charge is -2.32. The van der Waals surface area contributed by atoms with Gasteiger partial charge >= 0.3 is 0 Å². The molecule has 7 heteroatoms. The maximum absolute atomic E-state index is 12.6. The van der Waals surface area contributed by atoms with Crippen LogP contribution in [0.1, 0.15) is 25.7 Å². The van der Waals surface area contributed by atoms with Crippen LogP contribution in [0.4, 0.5) is 0 Å². The smallest absolute Gasteiger partial charge is 0.240 e. The summed E-state index contributed by atoms with van der Waals surface area (Å²) in [6.07, 6.45) is 4.32. The van der Waals surface area contributed by atoms with Crippen LogP contribution in [0.25, 0.3) is 0 Å². The molecule has 0 spiro atoms. The second-order valence-electron chi connectivity index (χ2n) is 5.91. The molecule has 0 unspecified atom stereocenters. The van der Waals surface area contributed by atoms with E-state index in [2.05, 4.69) is 9.62 Å². The number of benzene rings is 1. The quantitative estimate of drug-likeness (QED) is 0.910. The lowest BCUT2D eigenvalue weighted by Crippen LogP contribution is -2.46. The summed E-state index contributed by atoms with van der Waals surface area (Å²) in [5.74, 6) is 0.472. The predicted molar refractivity (Wildman–Crippen MR) is 85.9 cm³/mol. The van der Waals surface area contributed by atoms with Crippen molar-refractivity contribution >= 4 is 21.6 Å². The van der Waals surface area contributed by atoms with Crippen molar-refractivity contribution in [1.82, 2.24) is 9.62 Å². The number of nitrogens with zero attached hydrogens (tertiary/aromatic N) is 1. The van der Waals surface area contributed by atoms with Crippen LogP contribution in [-0.2, 0) is 10.0 Å². The molecule has 122 valence electrons. The van der Waals surface area contributed by atoms with Crippen molar-refractivity contribution in [3.8, 4) is 5.75 Å². The lowest BCUT2D eigenvalue weighted by molar-refractivity contribution is 0.186. The molecular weight excluding hydrogens is 324 g/mol. The zero-order chi connectivity index (χ0) is 15.7. The summed E-state index contributed by atoms with van der Waals surface area (Å²) >= 11 is 6.04. The van der Waals surface area contributed by atoms with E-state index in [1.54, 1.807) is 6.07 Å². The van der Waals surface area contributed by atoms with Crippen LogP contribution >= 0.6 is 11.6 Å². The van der Waals surface area contributed by atoms with Crippen molar-refractivity contribution in [2.24, 2.45) is 0 Å². The number of fused-ring (bicyclic) bond motifs is 1. The number of ether oxygens (including phenoxy) is 1. The van der Waals surface area contributed by atoms with E-state index in [4.69, 9.17) is 16.3 Å². The van der Waals surface area contributed by atoms with Crippen LogP contribution in [0.5, 0.6) is 5.75 Å². The first kappa shape index (κ1) is 16.1. The molecule has 1 aromatic carbocycles. The first-order valence-corrected chi connectivity index (χ1v) is 9.47. The number of sulfonamides is 1. The normalized spacial score (nSPS) is 25.9. The average Bonchev–Trinajstić information content (AvgIpc) is 2.90. The number of nitrogens with one attached hydrogen (secondary N) is 1. The molecular formula is C15H21ClN2O3S. The average molecular weight is 345 g/mol. The largest absolute Gasteiger partial charge is 0.495 e. The highest BCUT2D eigenvalue weighted by atomic mass is 35.5. The maximum Gasteiger partial charge on any atom is 0.240 e. The molecule has 5 nitrogen and oxygen atoms in total. The van der Waals surface area contributed by atoms with Crippen molar-refractivity contribution in [3.05, 3.63) is 23.2 Å². The summed E-state index contributed by atoms with van der Waals surface area (Å²) in [4.78, 5) is 2.59. The van der Waals surface area contributed by atoms with E-state index in [-0.39, 0.29) is 10.9 Å². The van der Waals surface area contributed by atoms with Crippen LogP contribution in [-0.4, -0.2) is 45.6 Å². The Kier molecular flexibility index (Phi) is 4.64. The second kappa shape index (κ2) is 6.35. The van der Waals surface area contributed by atoms with Crippen molar-refractivity contribution in [3.63, 3.8) is 0 Å². The summed E-state index contributed by atoms with van der Waals surface area (Å²) < 4.78 is 33.1. The van der Waals surface area contributed by atoms with Crippen LogP contribution in [0.15, 0.2) is 23.1 Å². The van der Waals surface area contributed by atoms with Gasteiger partial charge in [-0.1, -0.05) is 18.0 Å². The fraction of sp³-hybridized carbons (Fsp3) is 0.600. The minimum Gasteiger partial charge on any atom is -0.495 e. The summed E-state index contributed by atoms with van der Waals surface area (Å²) in [5.41, 5.74) is 0. The Labute approximate surface area is 136 Å². The monoisotopic (exact) mass is 344 g/mol. The van der Waals surface area contributed by atoms with Crippen molar-refractivity contribution in [1.29, 1.82) is 0 Å². The Hall–Kier alpha value is -0.820. The molecule has 0 aliphatic carbocycles. The predicted octanol–water partition coefficient (Wildman–Crippen LogP) is 2.25. The van der Waals surface area contributed by atoms with E-state index >= 15 is 0 Å². The Morgan fingerprint density at radius 3 is 2.82 bits per heavy atom.